The Balaban J connectivity index is 1.01. The zero-order valence-corrected chi connectivity index (χ0v) is 24.6. The number of piperidine rings is 1. The Morgan fingerprint density at radius 1 is 1.09 bits per heavy atom. The van der Waals surface area contributed by atoms with Crippen molar-refractivity contribution in [2.24, 2.45) is 5.41 Å². The second kappa shape index (κ2) is 10.8. The number of amides is 1. The van der Waals surface area contributed by atoms with Crippen LogP contribution in [0.3, 0.4) is 0 Å². The molecule has 228 valence electrons. The van der Waals surface area contributed by atoms with E-state index in [0.717, 1.165) is 68.7 Å². The van der Waals surface area contributed by atoms with E-state index in [2.05, 4.69) is 50.2 Å². The number of alkyl halides is 3. The van der Waals surface area contributed by atoms with E-state index in [0.29, 0.717) is 29.6 Å². The summed E-state index contributed by atoms with van der Waals surface area (Å²) in [6.07, 6.45) is -0.308. The highest BCUT2D eigenvalue weighted by atomic mass is 19.4. The standard InChI is InChI=1S/C33H34F3N7O/c1-21-23(3-6-29-26(21)13-25(15-37)43(29)17-24-4-7-30(44)40-24)16-41-10-8-32(9-11-41)18-42(19-32)31-27-12-22(14-33(34,35)36)2-5-28(27)38-20-39-31/h2-3,5-6,12-13,20,24H,4,7-11,14,16-19H2,1H3,(H,40,44). The monoisotopic (exact) mass is 601 g/mol. The Labute approximate surface area is 253 Å². The average molecular weight is 602 g/mol. The lowest BCUT2D eigenvalue weighted by atomic mass is 9.72. The number of nitrogens with one attached hydrogen (secondary N) is 1. The molecule has 4 aromatic rings. The van der Waals surface area contributed by atoms with Crippen LogP contribution in [0.2, 0.25) is 0 Å². The maximum atomic E-state index is 13.0. The van der Waals surface area contributed by atoms with Crippen LogP contribution in [0, 0.1) is 23.7 Å². The zero-order valence-electron chi connectivity index (χ0n) is 24.6. The van der Waals surface area contributed by atoms with Crippen molar-refractivity contribution in [1.82, 2.24) is 24.8 Å². The number of hydrogen-bond acceptors (Lipinski definition) is 6. The number of nitrogens with zero attached hydrogens (tertiary/aromatic N) is 6. The molecule has 1 spiro atoms. The molecule has 0 saturated carbocycles. The number of aromatic nitrogens is 3. The van der Waals surface area contributed by atoms with E-state index in [9.17, 15) is 23.2 Å². The maximum Gasteiger partial charge on any atom is 0.393 e. The number of halogens is 3. The van der Waals surface area contributed by atoms with Gasteiger partial charge in [-0.2, -0.15) is 18.4 Å². The van der Waals surface area contributed by atoms with Gasteiger partial charge in [0.25, 0.3) is 0 Å². The highest BCUT2D eigenvalue weighted by Crippen LogP contribution is 2.44. The summed E-state index contributed by atoms with van der Waals surface area (Å²) in [7, 11) is 0. The summed E-state index contributed by atoms with van der Waals surface area (Å²) in [5, 5.41) is 14.6. The number of rotatable bonds is 6. The predicted molar refractivity (Wildman–Crippen MR) is 161 cm³/mol. The fourth-order valence-electron chi connectivity index (χ4n) is 7.36. The second-order valence-corrected chi connectivity index (χ2v) is 12.8. The fourth-order valence-corrected chi connectivity index (χ4v) is 7.36. The summed E-state index contributed by atoms with van der Waals surface area (Å²) in [5.74, 6) is 0.789. The van der Waals surface area contributed by atoms with Crippen molar-refractivity contribution >= 4 is 33.5 Å². The molecule has 3 fully saturated rings. The van der Waals surface area contributed by atoms with Crippen LogP contribution >= 0.6 is 0 Å². The molecular weight excluding hydrogens is 567 g/mol. The van der Waals surface area contributed by atoms with E-state index in [1.807, 2.05) is 10.6 Å². The summed E-state index contributed by atoms with van der Waals surface area (Å²) >= 11 is 0. The second-order valence-electron chi connectivity index (χ2n) is 12.8. The number of fused-ring (bicyclic) bond motifs is 2. The molecule has 1 atom stereocenters. The highest BCUT2D eigenvalue weighted by molar-refractivity contribution is 5.90. The summed E-state index contributed by atoms with van der Waals surface area (Å²) in [5.41, 5.74) is 5.14. The van der Waals surface area contributed by atoms with Crippen LogP contribution in [0.25, 0.3) is 21.8 Å². The SMILES string of the molecule is Cc1c(CN2CCC3(CC2)CN(c2ncnc4ccc(CC(F)(F)F)cc24)C3)ccc2c1cc(C#N)n2CC1CCC(=O)N1. The summed E-state index contributed by atoms with van der Waals surface area (Å²) < 4.78 is 41.1. The van der Waals surface area contributed by atoms with Gasteiger partial charge in [0.1, 0.15) is 23.9 Å². The molecule has 1 amide bonds. The van der Waals surface area contributed by atoms with Gasteiger partial charge in [-0.05, 0) is 80.2 Å². The van der Waals surface area contributed by atoms with Gasteiger partial charge in [-0.3, -0.25) is 9.69 Å². The zero-order chi connectivity index (χ0) is 30.6. The molecule has 3 saturated heterocycles. The van der Waals surface area contributed by atoms with Crippen LogP contribution in [0.1, 0.15) is 48.1 Å². The number of carbonyl (C=O) groups excluding carboxylic acids is 1. The third kappa shape index (κ3) is 5.36. The Morgan fingerprint density at radius 2 is 1.89 bits per heavy atom. The molecule has 0 bridgehead atoms. The van der Waals surface area contributed by atoms with Crippen molar-refractivity contribution in [3.05, 3.63) is 65.1 Å². The Bertz CT molecular complexity index is 1790. The van der Waals surface area contributed by atoms with Gasteiger partial charge < -0.3 is 14.8 Å². The van der Waals surface area contributed by atoms with Gasteiger partial charge >= 0.3 is 6.18 Å². The van der Waals surface area contributed by atoms with Crippen molar-refractivity contribution < 1.29 is 18.0 Å². The molecule has 1 unspecified atom stereocenters. The topological polar surface area (TPSA) is 90.1 Å². The molecule has 8 nitrogen and oxygen atoms in total. The Hall–Kier alpha value is -4.17. The molecule has 2 aromatic heterocycles. The smallest absolute Gasteiger partial charge is 0.355 e. The maximum absolute atomic E-state index is 13.0. The van der Waals surface area contributed by atoms with Crippen LogP contribution in [-0.4, -0.2) is 63.7 Å². The third-order valence-electron chi connectivity index (χ3n) is 9.82. The van der Waals surface area contributed by atoms with Crippen molar-refractivity contribution in [3.63, 3.8) is 0 Å². The van der Waals surface area contributed by atoms with Crippen molar-refractivity contribution in [1.29, 1.82) is 5.26 Å². The average Bonchev–Trinajstić information content (AvgIpc) is 3.55. The van der Waals surface area contributed by atoms with Gasteiger partial charge in [-0.15, -0.1) is 0 Å². The van der Waals surface area contributed by atoms with E-state index in [1.165, 1.54) is 23.5 Å². The molecular formula is C33H34F3N7O. The van der Waals surface area contributed by atoms with Crippen LogP contribution in [-0.2, 0) is 24.3 Å². The molecule has 3 aliphatic heterocycles. The number of nitriles is 1. The first-order chi connectivity index (χ1) is 21.1. The minimum absolute atomic E-state index is 0.0493. The van der Waals surface area contributed by atoms with Gasteiger partial charge in [-0.25, -0.2) is 9.97 Å². The summed E-state index contributed by atoms with van der Waals surface area (Å²) in [4.78, 5) is 25.1. The summed E-state index contributed by atoms with van der Waals surface area (Å²) in [6.45, 7) is 7.19. The Morgan fingerprint density at radius 3 is 2.59 bits per heavy atom. The predicted octanol–water partition coefficient (Wildman–Crippen LogP) is 5.25. The third-order valence-corrected chi connectivity index (χ3v) is 9.82. The Kier molecular flexibility index (Phi) is 7.00. The van der Waals surface area contributed by atoms with Gasteiger partial charge in [-0.1, -0.05) is 12.1 Å². The first kappa shape index (κ1) is 28.6. The van der Waals surface area contributed by atoms with Gasteiger partial charge in [0.15, 0.2) is 0 Å². The van der Waals surface area contributed by atoms with E-state index in [4.69, 9.17) is 0 Å². The van der Waals surface area contributed by atoms with E-state index in [-0.39, 0.29) is 22.9 Å². The van der Waals surface area contributed by atoms with Crippen LogP contribution < -0.4 is 10.2 Å². The largest absolute Gasteiger partial charge is 0.393 e. The molecule has 5 heterocycles. The van der Waals surface area contributed by atoms with E-state index < -0.39 is 12.6 Å². The molecule has 0 radical (unpaired) electrons. The lowest BCUT2D eigenvalue weighted by molar-refractivity contribution is -0.127. The van der Waals surface area contributed by atoms with Crippen molar-refractivity contribution in [3.8, 4) is 6.07 Å². The van der Waals surface area contributed by atoms with Gasteiger partial charge in [0, 0.05) is 60.3 Å². The first-order valence-electron chi connectivity index (χ1n) is 15.2. The summed E-state index contributed by atoms with van der Waals surface area (Å²) in [6, 6.07) is 13.4. The number of hydrogen-bond donors (Lipinski definition) is 1. The highest BCUT2D eigenvalue weighted by Gasteiger charge is 2.45. The molecule has 7 rings (SSSR count). The number of carbonyl (C=O) groups is 1. The van der Waals surface area contributed by atoms with Crippen molar-refractivity contribution in [2.75, 3.05) is 31.1 Å². The minimum Gasteiger partial charge on any atom is -0.355 e. The first-order valence-corrected chi connectivity index (χ1v) is 15.2. The number of benzene rings is 2. The quantitative estimate of drug-likeness (QED) is 0.325. The number of likely N-dealkylation sites (tertiary alicyclic amines) is 1. The molecule has 1 N–H and O–H groups in total. The van der Waals surface area contributed by atoms with Gasteiger partial charge in [0.05, 0.1) is 11.9 Å². The lowest BCUT2D eigenvalue weighted by Gasteiger charge is -2.54. The molecule has 44 heavy (non-hydrogen) atoms. The molecule has 2 aromatic carbocycles. The van der Waals surface area contributed by atoms with Gasteiger partial charge in [0.2, 0.25) is 5.91 Å². The van der Waals surface area contributed by atoms with Crippen molar-refractivity contribution in [2.45, 2.75) is 64.3 Å². The molecule has 3 aliphatic rings. The van der Waals surface area contributed by atoms with E-state index >= 15 is 0 Å². The van der Waals surface area contributed by atoms with Crippen LogP contribution in [0.4, 0.5) is 19.0 Å². The van der Waals surface area contributed by atoms with E-state index in [1.54, 1.807) is 12.1 Å². The normalized spacial score (nSPS) is 20.3. The lowest BCUT2D eigenvalue weighted by Crippen LogP contribution is -2.60. The number of anilines is 1. The number of aryl methyl sites for hydroxylation is 1. The fraction of sp³-hybridized carbons (Fsp3) is 0.455. The molecule has 0 aliphatic carbocycles. The minimum atomic E-state index is -4.26. The molecule has 11 heteroatoms. The van der Waals surface area contributed by atoms with Crippen LogP contribution in [0.5, 0.6) is 0 Å². The van der Waals surface area contributed by atoms with Crippen LogP contribution in [0.15, 0.2) is 42.7 Å².